The van der Waals surface area contributed by atoms with Crippen LogP contribution >= 0.6 is 11.8 Å². The summed E-state index contributed by atoms with van der Waals surface area (Å²) in [5, 5.41) is 8.78. The van der Waals surface area contributed by atoms with Gasteiger partial charge < -0.3 is 5.32 Å². The number of hydrogen-bond donors (Lipinski definition) is 2. The molecule has 0 bridgehead atoms. The highest BCUT2D eigenvalue weighted by molar-refractivity contribution is 7.99. The summed E-state index contributed by atoms with van der Waals surface area (Å²) in [6.45, 7) is 0. The Balaban J connectivity index is 1.95. The summed E-state index contributed by atoms with van der Waals surface area (Å²) in [6.07, 6.45) is 1.30. The fourth-order valence-corrected chi connectivity index (χ4v) is 1.77. The predicted molar refractivity (Wildman–Crippen MR) is 62.1 cm³/mol. The molecular weight excluding hydrogens is 262 g/mol. The van der Waals surface area contributed by atoms with Crippen molar-refractivity contribution in [2.24, 2.45) is 0 Å². The maximum Gasteiger partial charge on any atom is 0.235 e. The lowest BCUT2D eigenvalue weighted by molar-refractivity contribution is -0.113. The van der Waals surface area contributed by atoms with Gasteiger partial charge >= 0.3 is 0 Å². The summed E-state index contributed by atoms with van der Waals surface area (Å²) in [4.78, 5) is 15.3. The van der Waals surface area contributed by atoms with E-state index in [9.17, 15) is 13.6 Å². The van der Waals surface area contributed by atoms with Gasteiger partial charge in [-0.15, -0.1) is 0 Å². The van der Waals surface area contributed by atoms with Gasteiger partial charge in [0, 0.05) is 0 Å². The minimum atomic E-state index is -0.812. The maximum atomic E-state index is 13.2. The Morgan fingerprint density at radius 1 is 1.39 bits per heavy atom. The highest BCUT2D eigenvalue weighted by atomic mass is 32.2. The molecule has 0 saturated heterocycles. The molecule has 0 saturated carbocycles. The Labute approximate surface area is 105 Å². The van der Waals surface area contributed by atoms with Gasteiger partial charge in [-0.05, 0) is 12.1 Å². The van der Waals surface area contributed by atoms with Crippen LogP contribution in [0.15, 0.2) is 29.7 Å². The summed E-state index contributed by atoms with van der Waals surface area (Å²) >= 11 is 1.08. The SMILES string of the molecule is O=C(CSc1ncn[nH]1)Nc1c(F)cccc1F. The second-order valence-corrected chi connectivity index (χ2v) is 4.19. The van der Waals surface area contributed by atoms with Crippen molar-refractivity contribution in [3.63, 3.8) is 0 Å². The van der Waals surface area contributed by atoms with Gasteiger partial charge in [0.2, 0.25) is 5.91 Å². The standard InChI is InChI=1S/C10H8F2N4OS/c11-6-2-1-3-7(12)9(6)15-8(17)4-18-10-13-5-14-16-10/h1-3,5H,4H2,(H,15,17)(H,13,14,16). The lowest BCUT2D eigenvalue weighted by Gasteiger charge is -2.06. The quantitative estimate of drug-likeness (QED) is 0.831. The van der Waals surface area contributed by atoms with E-state index in [1.807, 2.05) is 0 Å². The topological polar surface area (TPSA) is 70.7 Å². The van der Waals surface area contributed by atoms with Crippen molar-refractivity contribution in [1.29, 1.82) is 0 Å². The van der Waals surface area contributed by atoms with Crippen LogP contribution in [0.3, 0.4) is 0 Å². The highest BCUT2D eigenvalue weighted by Crippen LogP contribution is 2.19. The summed E-state index contributed by atoms with van der Waals surface area (Å²) in [5.41, 5.74) is -0.444. The molecule has 1 heterocycles. The zero-order valence-corrected chi connectivity index (χ0v) is 9.80. The third-order valence-electron chi connectivity index (χ3n) is 1.96. The van der Waals surface area contributed by atoms with Crippen molar-refractivity contribution in [2.75, 3.05) is 11.1 Å². The molecule has 94 valence electrons. The molecule has 18 heavy (non-hydrogen) atoms. The number of carbonyl (C=O) groups is 1. The molecule has 1 aromatic carbocycles. The number of nitrogens with zero attached hydrogens (tertiary/aromatic N) is 2. The molecule has 1 amide bonds. The Bertz CT molecular complexity index is 527. The summed E-state index contributed by atoms with van der Waals surface area (Å²) in [6, 6.07) is 3.37. The van der Waals surface area contributed by atoms with Gasteiger partial charge in [0.15, 0.2) is 5.16 Å². The average Bonchev–Trinajstić information content (AvgIpc) is 2.84. The first-order chi connectivity index (χ1) is 8.66. The van der Waals surface area contributed by atoms with Crippen LogP contribution in [0.4, 0.5) is 14.5 Å². The molecule has 0 spiro atoms. The number of aromatic amines is 1. The Kier molecular flexibility index (Phi) is 3.88. The van der Waals surface area contributed by atoms with E-state index < -0.39 is 23.2 Å². The van der Waals surface area contributed by atoms with E-state index in [-0.39, 0.29) is 5.75 Å². The van der Waals surface area contributed by atoms with Gasteiger partial charge in [0.1, 0.15) is 23.6 Å². The molecule has 0 aliphatic heterocycles. The monoisotopic (exact) mass is 270 g/mol. The molecule has 8 heteroatoms. The summed E-state index contributed by atoms with van der Waals surface area (Å²) in [7, 11) is 0. The second kappa shape index (κ2) is 5.58. The first-order valence-electron chi connectivity index (χ1n) is 4.89. The number of halogens is 2. The van der Waals surface area contributed by atoms with Crippen LogP contribution in [0.1, 0.15) is 0 Å². The van der Waals surface area contributed by atoms with Crippen molar-refractivity contribution in [3.8, 4) is 0 Å². The smallest absolute Gasteiger partial charge is 0.235 e. The van der Waals surface area contributed by atoms with Gasteiger partial charge in [-0.3, -0.25) is 9.89 Å². The van der Waals surface area contributed by atoms with E-state index in [4.69, 9.17) is 0 Å². The molecular formula is C10H8F2N4OS. The van der Waals surface area contributed by atoms with Crippen molar-refractivity contribution < 1.29 is 13.6 Å². The molecule has 0 aliphatic rings. The number of benzene rings is 1. The highest BCUT2D eigenvalue weighted by Gasteiger charge is 2.12. The maximum absolute atomic E-state index is 13.2. The lowest BCUT2D eigenvalue weighted by Crippen LogP contribution is -2.16. The van der Waals surface area contributed by atoms with Crippen LogP contribution in [0, 0.1) is 11.6 Å². The Hall–Kier alpha value is -1.96. The summed E-state index contributed by atoms with van der Waals surface area (Å²) < 4.78 is 26.5. The number of anilines is 1. The Morgan fingerprint density at radius 3 is 2.72 bits per heavy atom. The van der Waals surface area contributed by atoms with Crippen LogP contribution in [0.2, 0.25) is 0 Å². The van der Waals surface area contributed by atoms with Crippen molar-refractivity contribution in [2.45, 2.75) is 5.16 Å². The van der Waals surface area contributed by atoms with E-state index in [0.717, 1.165) is 23.9 Å². The van der Waals surface area contributed by atoms with Crippen LogP contribution in [-0.4, -0.2) is 26.8 Å². The predicted octanol–water partition coefficient (Wildman–Crippen LogP) is 1.81. The summed E-state index contributed by atoms with van der Waals surface area (Å²) in [5.74, 6) is -2.18. The molecule has 0 aliphatic carbocycles. The molecule has 0 atom stereocenters. The van der Waals surface area contributed by atoms with E-state index in [1.165, 1.54) is 12.4 Å². The fourth-order valence-electron chi connectivity index (χ4n) is 1.19. The van der Waals surface area contributed by atoms with E-state index in [0.29, 0.717) is 5.16 Å². The van der Waals surface area contributed by atoms with Gasteiger partial charge in [-0.25, -0.2) is 13.8 Å². The zero-order chi connectivity index (χ0) is 13.0. The molecule has 2 aromatic rings. The normalized spacial score (nSPS) is 10.3. The van der Waals surface area contributed by atoms with E-state index in [2.05, 4.69) is 20.5 Å². The number of nitrogens with one attached hydrogen (secondary N) is 2. The second-order valence-electron chi connectivity index (χ2n) is 3.22. The third kappa shape index (κ3) is 3.04. The van der Waals surface area contributed by atoms with Crippen LogP contribution in [0.25, 0.3) is 0 Å². The minimum Gasteiger partial charge on any atom is -0.320 e. The number of aromatic nitrogens is 3. The number of rotatable bonds is 4. The average molecular weight is 270 g/mol. The van der Waals surface area contributed by atoms with Crippen LogP contribution in [-0.2, 0) is 4.79 Å². The van der Waals surface area contributed by atoms with E-state index in [1.54, 1.807) is 0 Å². The molecule has 2 N–H and O–H groups in total. The largest absolute Gasteiger partial charge is 0.320 e. The number of hydrogen-bond acceptors (Lipinski definition) is 4. The molecule has 0 fully saturated rings. The number of para-hydroxylation sites is 1. The van der Waals surface area contributed by atoms with Crippen molar-refractivity contribution in [1.82, 2.24) is 15.2 Å². The van der Waals surface area contributed by atoms with Crippen molar-refractivity contribution >= 4 is 23.4 Å². The fraction of sp³-hybridized carbons (Fsp3) is 0.100. The first kappa shape index (κ1) is 12.5. The van der Waals surface area contributed by atoms with Gasteiger partial charge in [0.25, 0.3) is 0 Å². The number of carbonyl (C=O) groups excluding carboxylic acids is 1. The first-order valence-corrected chi connectivity index (χ1v) is 5.87. The van der Waals surface area contributed by atoms with Gasteiger partial charge in [0.05, 0.1) is 5.75 Å². The molecule has 5 nitrogen and oxygen atoms in total. The zero-order valence-electron chi connectivity index (χ0n) is 8.98. The molecule has 0 unspecified atom stereocenters. The molecule has 1 aromatic heterocycles. The lowest BCUT2D eigenvalue weighted by atomic mass is 10.3. The van der Waals surface area contributed by atoms with Gasteiger partial charge in [-0.2, -0.15) is 5.10 Å². The number of H-pyrrole nitrogens is 1. The van der Waals surface area contributed by atoms with Crippen molar-refractivity contribution in [3.05, 3.63) is 36.2 Å². The van der Waals surface area contributed by atoms with Crippen LogP contribution in [0.5, 0.6) is 0 Å². The number of thioether (sulfide) groups is 1. The van der Waals surface area contributed by atoms with Gasteiger partial charge in [-0.1, -0.05) is 17.8 Å². The van der Waals surface area contributed by atoms with Crippen LogP contribution < -0.4 is 5.32 Å². The molecule has 2 rings (SSSR count). The minimum absolute atomic E-state index is 0.0248. The molecule has 0 radical (unpaired) electrons. The number of amides is 1. The van der Waals surface area contributed by atoms with E-state index >= 15 is 0 Å². The Morgan fingerprint density at radius 2 is 2.11 bits per heavy atom. The third-order valence-corrected chi connectivity index (χ3v) is 2.84.